The topological polar surface area (TPSA) is 165 Å². The fourth-order valence-electron chi connectivity index (χ4n) is 4.54. The van der Waals surface area contributed by atoms with Crippen LogP contribution in [0.1, 0.15) is 97.8 Å². The number of alkyl halides is 3. The zero-order chi connectivity index (χ0) is 29.7. The van der Waals surface area contributed by atoms with Crippen molar-refractivity contribution in [3.05, 3.63) is 29.3 Å². The van der Waals surface area contributed by atoms with Gasteiger partial charge in [0.1, 0.15) is 18.4 Å². The van der Waals surface area contributed by atoms with Crippen LogP contribution in [0.5, 0.6) is 5.75 Å². The van der Waals surface area contributed by atoms with Gasteiger partial charge in [-0.2, -0.15) is 19.1 Å². The lowest BCUT2D eigenvalue weighted by Gasteiger charge is -2.27. The smallest absolute Gasteiger partial charge is 0.389 e. The normalized spacial score (nSPS) is 16.8. The standard InChI is InChI=1S/C26H31F3N2O6.H3NO2/c27-26(28,29)15-8-6-4-2-1-3-5-7-10-17(32)16-37-20-12-9-11-18-22(20)25(36)31(24(18)35)19-13-14-21(33)30-23(19)34;1-3-2/h9,11-12,19H,1-8,10,13-16H2,(H,30,33,34);2H,1H2. The van der Waals surface area contributed by atoms with E-state index in [1.165, 1.54) is 18.2 Å². The van der Waals surface area contributed by atoms with Crippen molar-refractivity contribution >= 4 is 29.4 Å². The van der Waals surface area contributed by atoms with Gasteiger partial charge >= 0.3 is 6.18 Å². The van der Waals surface area contributed by atoms with Crippen LogP contribution in [-0.4, -0.2) is 58.4 Å². The van der Waals surface area contributed by atoms with Crippen LogP contribution in [0.25, 0.3) is 0 Å². The summed E-state index contributed by atoms with van der Waals surface area (Å²) in [6, 6.07) is 3.38. The number of carbonyl (C=O) groups excluding carboxylic acids is 5. The Morgan fingerprint density at radius 2 is 1.60 bits per heavy atom. The van der Waals surface area contributed by atoms with E-state index in [0.29, 0.717) is 12.8 Å². The molecule has 2 aliphatic heterocycles. The number of amides is 4. The lowest BCUT2D eigenvalue weighted by molar-refractivity contribution is -0.247. The molecule has 4 amide bonds. The number of rotatable bonds is 14. The van der Waals surface area contributed by atoms with Crippen molar-refractivity contribution in [2.45, 2.75) is 89.3 Å². The molecule has 222 valence electrons. The molecule has 0 aromatic heterocycles. The molecule has 0 spiro atoms. The number of nitrogens with two attached hydrogens (primary N) is 1. The maximum Gasteiger partial charge on any atom is 0.389 e. The monoisotopic (exact) mass is 573 g/mol. The lowest BCUT2D eigenvalue weighted by Crippen LogP contribution is -2.54. The Hall–Kier alpha value is -3.36. The third-order valence-electron chi connectivity index (χ3n) is 6.48. The quantitative estimate of drug-likeness (QED) is 0.130. The molecule has 1 aromatic rings. The molecule has 1 aromatic carbocycles. The number of Topliss-reactive ketones (excluding diaryl/α,β-unsaturated/α-hetero) is 1. The number of halogens is 3. The Labute approximate surface area is 229 Å². The van der Waals surface area contributed by atoms with Crippen molar-refractivity contribution in [2.24, 2.45) is 5.90 Å². The number of imide groups is 2. The predicted octanol–water partition coefficient (Wildman–Crippen LogP) is 3.85. The molecule has 40 heavy (non-hydrogen) atoms. The van der Waals surface area contributed by atoms with E-state index in [4.69, 9.17) is 9.99 Å². The number of fused-ring (bicyclic) bond motifs is 1. The van der Waals surface area contributed by atoms with Crippen molar-refractivity contribution in [3.8, 4) is 5.75 Å². The Balaban J connectivity index is 0.00000178. The van der Waals surface area contributed by atoms with E-state index in [1.54, 1.807) is 0 Å². The van der Waals surface area contributed by atoms with Gasteiger partial charge in [0.15, 0.2) is 5.78 Å². The zero-order valence-corrected chi connectivity index (χ0v) is 22.0. The van der Waals surface area contributed by atoms with Gasteiger partial charge in [-0.25, -0.2) is 5.26 Å². The van der Waals surface area contributed by atoms with Gasteiger partial charge in [0.05, 0.1) is 11.1 Å². The molecule has 1 atom stereocenters. The number of nitrogens with zero attached hydrogens (tertiary/aromatic N) is 1. The lowest BCUT2D eigenvalue weighted by atomic mass is 10.0. The molecular formula is C26H34F3N3O8. The summed E-state index contributed by atoms with van der Waals surface area (Å²) < 4.78 is 41.9. The van der Waals surface area contributed by atoms with Gasteiger partial charge in [0.2, 0.25) is 11.8 Å². The van der Waals surface area contributed by atoms with Crippen LogP contribution in [0.3, 0.4) is 0 Å². The SMILES string of the molecule is NOO.O=C(CCCCCCCCCCC(F)(F)F)COc1cccc2c1C(=O)N(C1CCC(=O)NC1=O)C2=O. The van der Waals surface area contributed by atoms with Gasteiger partial charge in [-0.15, -0.1) is 4.99 Å². The second-order valence-corrected chi connectivity index (χ2v) is 9.50. The van der Waals surface area contributed by atoms with Crippen LogP contribution in [0.4, 0.5) is 13.2 Å². The zero-order valence-electron chi connectivity index (χ0n) is 22.0. The van der Waals surface area contributed by atoms with Crippen LogP contribution in [0, 0.1) is 0 Å². The Kier molecular flexibility index (Phi) is 13.2. The second kappa shape index (κ2) is 16.0. The summed E-state index contributed by atoms with van der Waals surface area (Å²) in [4.78, 5) is 65.3. The van der Waals surface area contributed by atoms with E-state index in [0.717, 1.165) is 37.0 Å². The van der Waals surface area contributed by atoms with Crippen molar-refractivity contribution in [2.75, 3.05) is 6.61 Å². The molecule has 4 N–H and O–H groups in total. The summed E-state index contributed by atoms with van der Waals surface area (Å²) in [6.45, 7) is -0.268. The highest BCUT2D eigenvalue weighted by atomic mass is 19.4. The average molecular weight is 574 g/mol. The first-order chi connectivity index (χ1) is 19.0. The minimum absolute atomic E-state index is 0.000216. The molecule has 0 aliphatic carbocycles. The van der Waals surface area contributed by atoms with E-state index in [2.05, 4.69) is 16.2 Å². The molecule has 2 heterocycles. The minimum Gasteiger partial charge on any atom is -0.485 e. The molecule has 0 radical (unpaired) electrons. The van der Waals surface area contributed by atoms with Crippen LogP contribution in [-0.2, 0) is 19.4 Å². The van der Waals surface area contributed by atoms with E-state index < -0.39 is 42.3 Å². The maximum atomic E-state index is 13.0. The highest BCUT2D eigenvalue weighted by molar-refractivity contribution is 6.24. The first-order valence-electron chi connectivity index (χ1n) is 13.1. The Morgan fingerprint density at radius 1 is 1.00 bits per heavy atom. The molecule has 0 bridgehead atoms. The molecule has 1 saturated heterocycles. The van der Waals surface area contributed by atoms with Crippen LogP contribution in [0.2, 0.25) is 0 Å². The molecule has 3 rings (SSSR count). The molecule has 11 nitrogen and oxygen atoms in total. The summed E-state index contributed by atoms with van der Waals surface area (Å²) in [5.41, 5.74) is 0.0817. The van der Waals surface area contributed by atoms with Crippen LogP contribution >= 0.6 is 0 Å². The Bertz CT molecular complexity index is 1060. The highest BCUT2D eigenvalue weighted by Gasteiger charge is 2.46. The third-order valence-corrected chi connectivity index (χ3v) is 6.48. The number of hydrogen-bond acceptors (Lipinski definition) is 9. The fourth-order valence-corrected chi connectivity index (χ4v) is 4.54. The van der Waals surface area contributed by atoms with Gasteiger partial charge in [-0.05, 0) is 31.4 Å². The van der Waals surface area contributed by atoms with Crippen molar-refractivity contribution in [1.82, 2.24) is 10.2 Å². The minimum atomic E-state index is -4.08. The molecular weight excluding hydrogens is 539 g/mol. The first kappa shape index (κ1) is 32.8. The Morgan fingerprint density at radius 3 is 2.20 bits per heavy atom. The number of piperidine rings is 1. The molecule has 1 unspecified atom stereocenters. The summed E-state index contributed by atoms with van der Waals surface area (Å²) in [6.07, 6.45) is 1.19. The molecule has 1 fully saturated rings. The number of ketones is 1. The number of carbonyl (C=O) groups is 5. The van der Waals surface area contributed by atoms with Crippen molar-refractivity contribution in [1.29, 1.82) is 0 Å². The fraction of sp³-hybridized carbons (Fsp3) is 0.577. The van der Waals surface area contributed by atoms with Gasteiger partial charge < -0.3 is 4.74 Å². The van der Waals surface area contributed by atoms with E-state index >= 15 is 0 Å². The van der Waals surface area contributed by atoms with Crippen LogP contribution < -0.4 is 16.0 Å². The first-order valence-corrected chi connectivity index (χ1v) is 13.1. The van der Waals surface area contributed by atoms with Crippen molar-refractivity contribution in [3.63, 3.8) is 0 Å². The van der Waals surface area contributed by atoms with Gasteiger partial charge in [-0.3, -0.25) is 34.2 Å². The largest absolute Gasteiger partial charge is 0.485 e. The number of nitrogens with one attached hydrogen (secondary N) is 1. The maximum absolute atomic E-state index is 13.0. The number of benzene rings is 1. The summed E-state index contributed by atoms with van der Waals surface area (Å²) in [5, 5.41) is 8.99. The summed E-state index contributed by atoms with van der Waals surface area (Å²) in [7, 11) is 0. The van der Waals surface area contributed by atoms with Crippen molar-refractivity contribution < 1.29 is 52.1 Å². The third kappa shape index (κ3) is 9.99. The molecule has 0 saturated carbocycles. The van der Waals surface area contributed by atoms with Gasteiger partial charge in [0.25, 0.3) is 11.8 Å². The van der Waals surface area contributed by atoms with Crippen LogP contribution in [0.15, 0.2) is 18.2 Å². The number of hydrogen-bond donors (Lipinski definition) is 3. The summed E-state index contributed by atoms with van der Waals surface area (Å²) >= 11 is 0. The average Bonchev–Trinajstić information content (AvgIpc) is 3.14. The molecule has 14 heteroatoms. The van der Waals surface area contributed by atoms with Gasteiger partial charge in [0, 0.05) is 19.3 Å². The summed E-state index contributed by atoms with van der Waals surface area (Å²) in [5.74, 6) is 1.32. The van der Waals surface area contributed by atoms with E-state index in [1.807, 2.05) is 0 Å². The van der Waals surface area contributed by atoms with E-state index in [-0.39, 0.29) is 54.9 Å². The molecule has 2 aliphatic rings. The van der Waals surface area contributed by atoms with E-state index in [9.17, 15) is 37.1 Å². The predicted molar refractivity (Wildman–Crippen MR) is 134 cm³/mol. The number of unbranched alkanes of at least 4 members (excludes halogenated alkanes) is 7. The highest BCUT2D eigenvalue weighted by Crippen LogP contribution is 2.33. The van der Waals surface area contributed by atoms with Gasteiger partial charge in [-0.1, -0.05) is 44.6 Å². The second-order valence-electron chi connectivity index (χ2n) is 9.50. The number of ether oxygens (including phenoxy) is 1.